The second kappa shape index (κ2) is 10.7. The van der Waals surface area contributed by atoms with Gasteiger partial charge >= 0.3 is 0 Å². The lowest BCUT2D eigenvalue weighted by molar-refractivity contribution is 0.00664. The third kappa shape index (κ3) is 5.38. The zero-order chi connectivity index (χ0) is 26.1. The first kappa shape index (κ1) is 24.8. The van der Waals surface area contributed by atoms with Crippen LogP contribution in [0, 0.1) is 0 Å². The minimum Gasteiger partial charge on any atom is -0.379 e. The largest absolute Gasteiger partial charge is 0.379 e. The van der Waals surface area contributed by atoms with Crippen molar-refractivity contribution in [1.29, 1.82) is 0 Å². The highest BCUT2D eigenvalue weighted by atomic mass is 35.5. The quantitative estimate of drug-likeness (QED) is 0.341. The van der Waals surface area contributed by atoms with Gasteiger partial charge in [-0.2, -0.15) is 0 Å². The summed E-state index contributed by atoms with van der Waals surface area (Å²) in [5.41, 5.74) is 3.44. The maximum Gasteiger partial charge on any atom is 0.267 e. The Bertz CT molecular complexity index is 1440. The van der Waals surface area contributed by atoms with Gasteiger partial charge in [0.25, 0.3) is 5.91 Å². The molecule has 11 heteroatoms. The van der Waals surface area contributed by atoms with Crippen LogP contribution in [0.4, 0.5) is 11.6 Å². The third-order valence-electron chi connectivity index (χ3n) is 7.40. The van der Waals surface area contributed by atoms with E-state index >= 15 is 0 Å². The number of aryl methyl sites for hydroxylation is 1. The van der Waals surface area contributed by atoms with Gasteiger partial charge in [-0.3, -0.25) is 9.69 Å². The number of halogens is 1. The van der Waals surface area contributed by atoms with E-state index in [-0.39, 0.29) is 11.9 Å². The second-order valence-corrected chi connectivity index (χ2v) is 10.5. The first-order valence-corrected chi connectivity index (χ1v) is 13.4. The van der Waals surface area contributed by atoms with Crippen molar-refractivity contribution in [2.75, 3.05) is 31.6 Å². The Morgan fingerprint density at radius 1 is 1.11 bits per heavy atom. The van der Waals surface area contributed by atoms with Crippen LogP contribution in [0.15, 0.2) is 43.0 Å². The highest BCUT2D eigenvalue weighted by Crippen LogP contribution is 2.30. The first-order chi connectivity index (χ1) is 18.5. The number of hydrogen-bond donors (Lipinski definition) is 3. The summed E-state index contributed by atoms with van der Waals surface area (Å²) in [7, 11) is 1.91. The fourth-order valence-electron chi connectivity index (χ4n) is 5.42. The molecule has 0 spiro atoms. The Morgan fingerprint density at radius 3 is 2.68 bits per heavy atom. The molecule has 1 saturated carbocycles. The lowest BCUT2D eigenvalue weighted by atomic mass is 9.90. The molecular formula is C27H31ClN8O2. The van der Waals surface area contributed by atoms with Gasteiger partial charge in [-0.1, -0.05) is 11.6 Å². The molecule has 1 aliphatic heterocycles. The van der Waals surface area contributed by atoms with E-state index in [0.717, 1.165) is 80.0 Å². The molecule has 3 aromatic heterocycles. The minimum absolute atomic E-state index is 0.104. The van der Waals surface area contributed by atoms with Crippen LogP contribution in [0.3, 0.4) is 0 Å². The Labute approximate surface area is 225 Å². The van der Waals surface area contributed by atoms with E-state index in [1.54, 1.807) is 18.6 Å². The molecule has 4 heterocycles. The van der Waals surface area contributed by atoms with Crippen molar-refractivity contribution in [1.82, 2.24) is 34.7 Å². The number of carbonyl (C=O) groups excluding carboxylic acids is 1. The molecule has 4 aromatic rings. The number of rotatable bonds is 6. The molecule has 0 atom stereocenters. The van der Waals surface area contributed by atoms with Gasteiger partial charge in [-0.25, -0.2) is 15.0 Å². The molecule has 1 aromatic carbocycles. The van der Waals surface area contributed by atoms with Crippen LogP contribution in [-0.4, -0.2) is 73.7 Å². The number of nitrogens with zero attached hydrogens (tertiary/aromatic N) is 5. The molecule has 1 saturated heterocycles. The Kier molecular flexibility index (Phi) is 7.01. The number of aromatic amines is 1. The summed E-state index contributed by atoms with van der Waals surface area (Å²) in [6.07, 6.45) is 9.49. The normalized spacial score (nSPS) is 20.5. The number of carbonyl (C=O) groups is 1. The van der Waals surface area contributed by atoms with Crippen molar-refractivity contribution >= 4 is 40.0 Å². The van der Waals surface area contributed by atoms with Crippen molar-refractivity contribution < 1.29 is 9.53 Å². The van der Waals surface area contributed by atoms with Crippen LogP contribution in [0.2, 0.25) is 5.02 Å². The summed E-state index contributed by atoms with van der Waals surface area (Å²) >= 11 is 6.59. The molecule has 0 bridgehead atoms. The fourth-order valence-corrected chi connectivity index (χ4v) is 5.70. The number of hydrogen-bond acceptors (Lipinski definition) is 7. The maximum absolute atomic E-state index is 13.1. The molecule has 1 amide bonds. The molecule has 2 aliphatic rings. The van der Waals surface area contributed by atoms with Crippen LogP contribution < -0.4 is 10.6 Å². The number of benzene rings is 1. The molecule has 3 N–H and O–H groups in total. The number of aromatic nitrogens is 5. The van der Waals surface area contributed by atoms with Crippen LogP contribution in [-0.2, 0) is 11.8 Å². The topological polar surface area (TPSA) is 113 Å². The fraction of sp³-hybridized carbons (Fsp3) is 0.407. The number of ether oxygens (including phenoxy) is 1. The van der Waals surface area contributed by atoms with Gasteiger partial charge in [0.15, 0.2) is 0 Å². The number of fused-ring (bicyclic) bond motifs is 1. The highest BCUT2D eigenvalue weighted by molar-refractivity contribution is 6.35. The molecule has 198 valence electrons. The molecule has 10 nitrogen and oxygen atoms in total. The highest BCUT2D eigenvalue weighted by Gasteiger charge is 2.28. The zero-order valence-corrected chi connectivity index (χ0v) is 22.0. The number of amides is 1. The standard InChI is InChI=1S/C27H31ClN8O2/c1-35-15-24(30-16-35)22-6-7-29-27(34-22)32-19-12-17-13-23(33-25(17)21(28)14-19)26(37)31-18-2-4-20(5-3-18)36-8-10-38-11-9-36/h6-7,12-16,18,20,33H,2-5,8-11H2,1H3,(H,31,37)(H,29,32,34). The predicted molar refractivity (Wildman–Crippen MR) is 147 cm³/mol. The zero-order valence-electron chi connectivity index (χ0n) is 21.3. The van der Waals surface area contributed by atoms with Gasteiger partial charge in [0, 0.05) is 55.7 Å². The van der Waals surface area contributed by atoms with Gasteiger partial charge < -0.3 is 24.9 Å². The summed E-state index contributed by atoms with van der Waals surface area (Å²) in [5, 5.41) is 7.78. The van der Waals surface area contributed by atoms with E-state index in [2.05, 4.69) is 35.5 Å². The van der Waals surface area contributed by atoms with Crippen molar-refractivity contribution in [3.63, 3.8) is 0 Å². The van der Waals surface area contributed by atoms with Crippen molar-refractivity contribution in [3.05, 3.63) is 53.7 Å². The average Bonchev–Trinajstić information content (AvgIpc) is 3.57. The van der Waals surface area contributed by atoms with E-state index in [0.29, 0.717) is 22.7 Å². The number of morpholine rings is 1. The van der Waals surface area contributed by atoms with Crippen LogP contribution >= 0.6 is 11.6 Å². The van der Waals surface area contributed by atoms with E-state index in [1.807, 2.05) is 36.0 Å². The number of imidazole rings is 1. The van der Waals surface area contributed by atoms with E-state index in [4.69, 9.17) is 16.3 Å². The van der Waals surface area contributed by atoms with E-state index < -0.39 is 0 Å². The van der Waals surface area contributed by atoms with Crippen molar-refractivity contribution in [3.8, 4) is 11.4 Å². The number of H-pyrrole nitrogens is 1. The van der Waals surface area contributed by atoms with Gasteiger partial charge in [-0.15, -0.1) is 0 Å². The van der Waals surface area contributed by atoms with E-state index in [9.17, 15) is 4.79 Å². The molecular weight excluding hydrogens is 504 g/mol. The first-order valence-electron chi connectivity index (χ1n) is 13.0. The van der Waals surface area contributed by atoms with Crippen molar-refractivity contribution in [2.24, 2.45) is 7.05 Å². The van der Waals surface area contributed by atoms with Crippen LogP contribution in [0.5, 0.6) is 0 Å². The summed E-state index contributed by atoms with van der Waals surface area (Å²) in [5.74, 6) is 0.331. The number of nitrogens with one attached hydrogen (secondary N) is 3. The molecule has 2 fully saturated rings. The minimum atomic E-state index is -0.104. The molecule has 38 heavy (non-hydrogen) atoms. The molecule has 6 rings (SSSR count). The SMILES string of the molecule is Cn1cnc(-c2ccnc(Nc3cc(Cl)c4[nH]c(C(=O)NC5CCC(N6CCOCC6)CC5)cc4c3)n2)c1. The Balaban J connectivity index is 1.12. The summed E-state index contributed by atoms with van der Waals surface area (Å²) in [6, 6.07) is 8.16. The summed E-state index contributed by atoms with van der Waals surface area (Å²) in [6.45, 7) is 3.66. The molecule has 1 aliphatic carbocycles. The molecule has 0 unspecified atom stereocenters. The predicted octanol–water partition coefficient (Wildman–Crippen LogP) is 4.13. The van der Waals surface area contributed by atoms with Gasteiger partial charge in [-0.05, 0) is 49.9 Å². The summed E-state index contributed by atoms with van der Waals surface area (Å²) < 4.78 is 7.35. The van der Waals surface area contributed by atoms with Crippen LogP contribution in [0.25, 0.3) is 22.3 Å². The Hall–Kier alpha value is -3.47. The van der Waals surface area contributed by atoms with Gasteiger partial charge in [0.2, 0.25) is 5.95 Å². The lowest BCUT2D eigenvalue weighted by Crippen LogP contribution is -2.47. The monoisotopic (exact) mass is 534 g/mol. The maximum atomic E-state index is 13.1. The Morgan fingerprint density at radius 2 is 1.92 bits per heavy atom. The average molecular weight is 535 g/mol. The summed E-state index contributed by atoms with van der Waals surface area (Å²) in [4.78, 5) is 32.1. The lowest BCUT2D eigenvalue weighted by Gasteiger charge is -2.38. The molecule has 0 radical (unpaired) electrons. The second-order valence-electron chi connectivity index (χ2n) is 10.0. The smallest absolute Gasteiger partial charge is 0.267 e. The van der Waals surface area contributed by atoms with Crippen LogP contribution in [0.1, 0.15) is 36.2 Å². The van der Waals surface area contributed by atoms with Gasteiger partial charge in [0.1, 0.15) is 11.4 Å². The van der Waals surface area contributed by atoms with Crippen molar-refractivity contribution in [2.45, 2.75) is 37.8 Å². The van der Waals surface area contributed by atoms with E-state index in [1.165, 1.54) is 0 Å². The third-order valence-corrected chi connectivity index (χ3v) is 7.70. The number of anilines is 2. The van der Waals surface area contributed by atoms with Gasteiger partial charge in [0.05, 0.1) is 35.8 Å².